The lowest BCUT2D eigenvalue weighted by molar-refractivity contribution is 0.103. The molecule has 2 aromatic rings. The van der Waals surface area contributed by atoms with E-state index in [1.807, 2.05) is 30.3 Å². The second-order valence-corrected chi connectivity index (χ2v) is 5.15. The quantitative estimate of drug-likeness (QED) is 0.867. The standard InChI is InChI=1S/C15H17N3O3/c1-11-16-14(21-17-11)13-7-8-18(9-13)15(19)20-10-12-5-3-2-4-6-12/h2-6,13H,7-10H2,1H3/t13-/m0/s1. The average molecular weight is 287 g/mol. The van der Waals surface area contributed by atoms with Crippen molar-refractivity contribution in [3.05, 3.63) is 47.6 Å². The molecule has 21 heavy (non-hydrogen) atoms. The van der Waals surface area contributed by atoms with E-state index in [1.165, 1.54) is 0 Å². The van der Waals surface area contributed by atoms with Gasteiger partial charge >= 0.3 is 6.09 Å². The molecule has 0 bridgehead atoms. The Morgan fingerprint density at radius 3 is 2.95 bits per heavy atom. The maximum Gasteiger partial charge on any atom is 0.410 e. The number of aromatic nitrogens is 2. The van der Waals surface area contributed by atoms with Crippen molar-refractivity contribution in [3.8, 4) is 0 Å². The molecule has 110 valence electrons. The minimum atomic E-state index is -0.294. The molecule has 3 rings (SSSR count). The van der Waals surface area contributed by atoms with Crippen molar-refractivity contribution < 1.29 is 14.1 Å². The number of carbonyl (C=O) groups is 1. The average Bonchev–Trinajstić information content (AvgIpc) is 3.14. The van der Waals surface area contributed by atoms with Gasteiger partial charge in [-0.05, 0) is 18.9 Å². The van der Waals surface area contributed by atoms with E-state index >= 15 is 0 Å². The molecule has 1 aliphatic heterocycles. The summed E-state index contributed by atoms with van der Waals surface area (Å²) >= 11 is 0. The Kier molecular flexibility index (Phi) is 3.85. The van der Waals surface area contributed by atoms with Crippen molar-refractivity contribution in [2.24, 2.45) is 0 Å². The molecule has 0 radical (unpaired) electrons. The molecule has 1 aromatic carbocycles. The highest BCUT2D eigenvalue weighted by molar-refractivity contribution is 5.68. The van der Waals surface area contributed by atoms with Gasteiger partial charge in [-0.3, -0.25) is 0 Å². The van der Waals surface area contributed by atoms with Crippen molar-refractivity contribution in [2.45, 2.75) is 25.9 Å². The third-order valence-electron chi connectivity index (χ3n) is 3.54. The van der Waals surface area contributed by atoms with Crippen LogP contribution < -0.4 is 0 Å². The van der Waals surface area contributed by atoms with E-state index in [0.717, 1.165) is 12.0 Å². The van der Waals surface area contributed by atoms with Crippen LogP contribution in [0.25, 0.3) is 0 Å². The maximum atomic E-state index is 12.0. The first-order valence-electron chi connectivity index (χ1n) is 6.98. The zero-order chi connectivity index (χ0) is 14.7. The largest absolute Gasteiger partial charge is 0.445 e. The van der Waals surface area contributed by atoms with Gasteiger partial charge < -0.3 is 14.2 Å². The Balaban J connectivity index is 1.52. The summed E-state index contributed by atoms with van der Waals surface area (Å²) in [6.45, 7) is 3.29. The number of carbonyl (C=O) groups excluding carboxylic acids is 1. The zero-order valence-electron chi connectivity index (χ0n) is 11.9. The topological polar surface area (TPSA) is 68.5 Å². The van der Waals surface area contributed by atoms with Crippen LogP contribution in [0.15, 0.2) is 34.9 Å². The van der Waals surface area contributed by atoms with Gasteiger partial charge in [0.1, 0.15) is 6.61 Å². The van der Waals surface area contributed by atoms with Crippen LogP contribution in [0.2, 0.25) is 0 Å². The lowest BCUT2D eigenvalue weighted by Gasteiger charge is -2.15. The number of ether oxygens (including phenoxy) is 1. The van der Waals surface area contributed by atoms with Crippen LogP contribution in [-0.4, -0.2) is 34.2 Å². The summed E-state index contributed by atoms with van der Waals surface area (Å²) in [5.74, 6) is 1.33. The van der Waals surface area contributed by atoms with Gasteiger partial charge in [-0.2, -0.15) is 4.98 Å². The number of amides is 1. The molecule has 6 nitrogen and oxygen atoms in total. The van der Waals surface area contributed by atoms with Crippen molar-refractivity contribution in [3.63, 3.8) is 0 Å². The number of rotatable bonds is 3. The summed E-state index contributed by atoms with van der Waals surface area (Å²) in [5.41, 5.74) is 0.981. The van der Waals surface area contributed by atoms with Gasteiger partial charge in [0.05, 0.1) is 5.92 Å². The lowest BCUT2D eigenvalue weighted by Crippen LogP contribution is -2.29. The smallest absolute Gasteiger partial charge is 0.410 e. The summed E-state index contributed by atoms with van der Waals surface area (Å²) < 4.78 is 10.5. The summed E-state index contributed by atoms with van der Waals surface area (Å²) in [6, 6.07) is 9.64. The molecule has 6 heteroatoms. The van der Waals surface area contributed by atoms with E-state index in [2.05, 4.69) is 10.1 Å². The minimum absolute atomic E-state index is 0.107. The normalized spacial score (nSPS) is 18.0. The van der Waals surface area contributed by atoms with Crippen molar-refractivity contribution >= 4 is 6.09 Å². The minimum Gasteiger partial charge on any atom is -0.445 e. The molecule has 1 fully saturated rings. The molecule has 0 saturated carbocycles. The third-order valence-corrected chi connectivity index (χ3v) is 3.54. The van der Waals surface area contributed by atoms with Gasteiger partial charge in [0, 0.05) is 13.1 Å². The first-order valence-corrected chi connectivity index (χ1v) is 6.98. The van der Waals surface area contributed by atoms with Crippen LogP contribution in [0.1, 0.15) is 29.6 Å². The van der Waals surface area contributed by atoms with E-state index in [1.54, 1.807) is 11.8 Å². The van der Waals surface area contributed by atoms with Gasteiger partial charge in [0.25, 0.3) is 0 Å². The van der Waals surface area contributed by atoms with Gasteiger partial charge in [-0.1, -0.05) is 35.5 Å². The first kappa shape index (κ1) is 13.6. The molecule has 2 heterocycles. The molecule has 0 unspecified atom stereocenters. The summed E-state index contributed by atoms with van der Waals surface area (Å²) in [6.07, 6.45) is 0.528. The first-order chi connectivity index (χ1) is 10.2. The molecule has 1 aliphatic rings. The molecule has 0 spiro atoms. The number of hydrogen-bond donors (Lipinski definition) is 0. The molecule has 1 atom stereocenters. The second-order valence-electron chi connectivity index (χ2n) is 5.15. The number of benzene rings is 1. The highest BCUT2D eigenvalue weighted by Crippen LogP contribution is 2.26. The molecular formula is C15H17N3O3. The highest BCUT2D eigenvalue weighted by Gasteiger charge is 2.31. The van der Waals surface area contributed by atoms with Gasteiger partial charge in [-0.25, -0.2) is 4.79 Å². The Morgan fingerprint density at radius 2 is 2.24 bits per heavy atom. The van der Waals surface area contributed by atoms with Gasteiger partial charge in [0.2, 0.25) is 5.89 Å². The SMILES string of the molecule is Cc1noc([C@H]2CCN(C(=O)OCc3ccccc3)C2)n1. The van der Waals surface area contributed by atoms with Crippen LogP contribution in [0, 0.1) is 6.92 Å². The second kappa shape index (κ2) is 5.95. The third kappa shape index (κ3) is 3.21. The molecule has 0 aliphatic carbocycles. The summed E-state index contributed by atoms with van der Waals surface area (Å²) in [7, 11) is 0. The molecule has 1 saturated heterocycles. The number of aryl methyl sites for hydroxylation is 1. The van der Waals surface area contributed by atoms with E-state index < -0.39 is 0 Å². The number of likely N-dealkylation sites (tertiary alicyclic amines) is 1. The fraction of sp³-hybridized carbons (Fsp3) is 0.400. The number of hydrogen-bond acceptors (Lipinski definition) is 5. The van der Waals surface area contributed by atoms with Crippen LogP contribution >= 0.6 is 0 Å². The summed E-state index contributed by atoms with van der Waals surface area (Å²) in [5, 5.41) is 3.79. The molecule has 1 amide bonds. The van der Waals surface area contributed by atoms with Crippen molar-refractivity contribution in [1.29, 1.82) is 0 Å². The highest BCUT2D eigenvalue weighted by atomic mass is 16.6. The fourth-order valence-corrected chi connectivity index (χ4v) is 2.42. The Hall–Kier alpha value is -2.37. The summed E-state index contributed by atoms with van der Waals surface area (Å²) in [4.78, 5) is 17.9. The molecule has 1 aromatic heterocycles. The van der Waals surface area contributed by atoms with E-state index in [4.69, 9.17) is 9.26 Å². The monoisotopic (exact) mass is 287 g/mol. The van der Waals surface area contributed by atoms with Crippen LogP contribution in [-0.2, 0) is 11.3 Å². The van der Waals surface area contributed by atoms with E-state index in [0.29, 0.717) is 31.4 Å². The maximum absolute atomic E-state index is 12.0. The predicted octanol–water partition coefficient (Wildman–Crippen LogP) is 2.50. The van der Waals surface area contributed by atoms with Crippen molar-refractivity contribution in [1.82, 2.24) is 15.0 Å². The van der Waals surface area contributed by atoms with Gasteiger partial charge in [-0.15, -0.1) is 0 Å². The van der Waals surface area contributed by atoms with E-state index in [9.17, 15) is 4.79 Å². The van der Waals surface area contributed by atoms with Crippen LogP contribution in [0.5, 0.6) is 0 Å². The fourth-order valence-electron chi connectivity index (χ4n) is 2.42. The molecule has 0 N–H and O–H groups in total. The Labute approximate surface area is 122 Å². The lowest BCUT2D eigenvalue weighted by atomic mass is 10.1. The Bertz CT molecular complexity index is 612. The van der Waals surface area contributed by atoms with E-state index in [-0.39, 0.29) is 12.0 Å². The Morgan fingerprint density at radius 1 is 1.43 bits per heavy atom. The molecular weight excluding hydrogens is 270 g/mol. The van der Waals surface area contributed by atoms with Crippen LogP contribution in [0.3, 0.4) is 0 Å². The van der Waals surface area contributed by atoms with Gasteiger partial charge in [0.15, 0.2) is 5.82 Å². The van der Waals surface area contributed by atoms with Crippen LogP contribution in [0.4, 0.5) is 4.79 Å². The number of nitrogens with zero attached hydrogens (tertiary/aromatic N) is 3. The predicted molar refractivity (Wildman–Crippen MR) is 74.6 cm³/mol. The zero-order valence-corrected chi connectivity index (χ0v) is 11.9. The van der Waals surface area contributed by atoms with Crippen molar-refractivity contribution in [2.75, 3.05) is 13.1 Å².